The number of aromatic nitrogens is 1. The van der Waals surface area contributed by atoms with Gasteiger partial charge in [-0.2, -0.15) is 4.57 Å². The number of nitrogens with one attached hydrogen (secondary N) is 1. The van der Waals surface area contributed by atoms with Crippen molar-refractivity contribution in [1.82, 2.24) is 0 Å². The van der Waals surface area contributed by atoms with Gasteiger partial charge in [0.1, 0.15) is 5.75 Å². The van der Waals surface area contributed by atoms with Crippen molar-refractivity contribution in [3.05, 3.63) is 78.0 Å². The van der Waals surface area contributed by atoms with Crippen LogP contribution in [0.5, 0.6) is 17.2 Å². The van der Waals surface area contributed by atoms with Crippen LogP contribution in [0.2, 0.25) is 0 Å². The fourth-order valence-corrected chi connectivity index (χ4v) is 4.75. The van der Waals surface area contributed by atoms with Gasteiger partial charge in [0.2, 0.25) is 12.5 Å². The van der Waals surface area contributed by atoms with E-state index in [2.05, 4.69) is 70.7 Å². The third-order valence-corrected chi connectivity index (χ3v) is 6.40. The minimum absolute atomic E-state index is 0. The first-order chi connectivity index (χ1) is 15.8. The number of benzene rings is 3. The molecular formula is C27H25ClN2O3. The molecule has 3 heterocycles. The molecular weight excluding hydrogens is 436 g/mol. The molecule has 33 heavy (non-hydrogen) atoms. The molecule has 0 bridgehead atoms. The number of halogens is 1. The second kappa shape index (κ2) is 8.83. The van der Waals surface area contributed by atoms with E-state index in [1.54, 1.807) is 7.11 Å². The first-order valence-corrected chi connectivity index (χ1v) is 11.0. The Hall–Kier alpha value is -3.44. The fourth-order valence-electron chi connectivity index (χ4n) is 4.75. The van der Waals surface area contributed by atoms with Crippen molar-refractivity contribution in [3.63, 3.8) is 0 Å². The van der Waals surface area contributed by atoms with Crippen molar-refractivity contribution in [1.29, 1.82) is 0 Å². The SMILES string of the molecule is COc1ccc2cc3[n+](cc2c1NCCc1ccccc1)CCc1cc2c(cc1-3)OCO2.[Cl-]. The van der Waals surface area contributed by atoms with Crippen molar-refractivity contribution < 1.29 is 31.2 Å². The molecule has 0 aliphatic carbocycles. The topological polar surface area (TPSA) is 43.6 Å². The van der Waals surface area contributed by atoms with Crippen LogP contribution in [0.25, 0.3) is 22.0 Å². The fraction of sp³-hybridized carbons (Fsp3) is 0.222. The van der Waals surface area contributed by atoms with Gasteiger partial charge in [-0.25, -0.2) is 0 Å². The average Bonchev–Trinajstić information content (AvgIpc) is 3.30. The number of methoxy groups -OCH3 is 1. The lowest BCUT2D eigenvalue weighted by atomic mass is 9.95. The van der Waals surface area contributed by atoms with Crippen LogP contribution in [0.3, 0.4) is 0 Å². The predicted octanol–water partition coefficient (Wildman–Crippen LogP) is 1.75. The summed E-state index contributed by atoms with van der Waals surface area (Å²) in [7, 11) is 1.73. The largest absolute Gasteiger partial charge is 1.00 e. The number of nitrogens with zero attached hydrogens (tertiary/aromatic N) is 1. The molecule has 1 aromatic heterocycles. The number of rotatable bonds is 5. The summed E-state index contributed by atoms with van der Waals surface area (Å²) >= 11 is 0. The van der Waals surface area contributed by atoms with Crippen LogP contribution in [-0.4, -0.2) is 20.4 Å². The maximum Gasteiger partial charge on any atom is 0.231 e. The summed E-state index contributed by atoms with van der Waals surface area (Å²) in [5.41, 5.74) is 6.10. The Kier molecular flexibility index (Phi) is 5.73. The number of pyridine rings is 1. The molecule has 0 atom stereocenters. The second-order valence-electron chi connectivity index (χ2n) is 8.27. The Bertz CT molecular complexity index is 1320. The van der Waals surface area contributed by atoms with Crippen LogP contribution in [0.4, 0.5) is 5.69 Å². The number of hydrogen-bond donors (Lipinski definition) is 1. The normalized spacial score (nSPS) is 13.1. The van der Waals surface area contributed by atoms with Gasteiger partial charge in [-0.15, -0.1) is 0 Å². The molecule has 1 N–H and O–H groups in total. The first-order valence-electron chi connectivity index (χ1n) is 11.0. The van der Waals surface area contributed by atoms with E-state index in [9.17, 15) is 0 Å². The quantitative estimate of drug-likeness (QED) is 0.461. The van der Waals surface area contributed by atoms with E-state index in [0.717, 1.165) is 48.9 Å². The summed E-state index contributed by atoms with van der Waals surface area (Å²) in [5, 5.41) is 6.00. The molecule has 3 aromatic carbocycles. The highest BCUT2D eigenvalue weighted by molar-refractivity contribution is 5.97. The van der Waals surface area contributed by atoms with Crippen LogP contribution in [0.15, 0.2) is 66.9 Å². The first kappa shape index (κ1) is 21.4. The molecule has 2 aliphatic heterocycles. The van der Waals surface area contributed by atoms with Crippen molar-refractivity contribution in [2.24, 2.45) is 0 Å². The minimum atomic E-state index is 0. The highest BCUT2D eigenvalue weighted by Gasteiger charge is 2.28. The Morgan fingerprint density at radius 2 is 1.82 bits per heavy atom. The molecule has 0 radical (unpaired) electrons. The smallest absolute Gasteiger partial charge is 0.231 e. The summed E-state index contributed by atoms with van der Waals surface area (Å²) in [4.78, 5) is 0. The summed E-state index contributed by atoms with van der Waals surface area (Å²) < 4.78 is 19.3. The summed E-state index contributed by atoms with van der Waals surface area (Å²) in [6.07, 6.45) is 4.18. The van der Waals surface area contributed by atoms with Crippen molar-refractivity contribution in [2.75, 3.05) is 25.8 Å². The molecule has 0 spiro atoms. The van der Waals surface area contributed by atoms with Gasteiger partial charge in [-0.1, -0.05) is 36.4 Å². The van der Waals surface area contributed by atoms with Gasteiger partial charge in [-0.05, 0) is 41.1 Å². The number of ether oxygens (including phenoxy) is 3. The standard InChI is InChI=1S/C27H24N2O3.ClH/c1-30-24-8-7-19-13-23-21-15-26-25(31-17-32-26)14-20(21)10-12-29(23)16-22(19)27(24)28-11-9-18-5-3-2-4-6-18;/h2-8,13-16H,9-12,17H2,1H3;1H. The van der Waals surface area contributed by atoms with Gasteiger partial charge in [0, 0.05) is 19.0 Å². The number of fused-ring (bicyclic) bond motifs is 5. The van der Waals surface area contributed by atoms with Crippen molar-refractivity contribution in [2.45, 2.75) is 19.4 Å². The van der Waals surface area contributed by atoms with Crippen molar-refractivity contribution >= 4 is 16.5 Å². The lowest BCUT2D eigenvalue weighted by Gasteiger charge is -2.18. The zero-order valence-corrected chi connectivity index (χ0v) is 19.2. The summed E-state index contributed by atoms with van der Waals surface area (Å²) in [6, 6.07) is 21.3. The van der Waals surface area contributed by atoms with Gasteiger partial charge in [0.15, 0.2) is 24.2 Å². The van der Waals surface area contributed by atoms with Gasteiger partial charge >= 0.3 is 0 Å². The third kappa shape index (κ3) is 3.83. The number of anilines is 1. The Labute approximate surface area is 199 Å². The van der Waals surface area contributed by atoms with Gasteiger partial charge in [-0.3, -0.25) is 0 Å². The average molecular weight is 461 g/mol. The summed E-state index contributed by atoms with van der Waals surface area (Å²) in [6.45, 7) is 2.07. The van der Waals surface area contributed by atoms with Crippen LogP contribution in [0, 0.1) is 0 Å². The monoisotopic (exact) mass is 460 g/mol. The molecule has 4 aromatic rings. The lowest BCUT2D eigenvalue weighted by molar-refractivity contribution is -0.686. The van der Waals surface area contributed by atoms with E-state index in [4.69, 9.17) is 14.2 Å². The molecule has 2 aliphatic rings. The zero-order valence-electron chi connectivity index (χ0n) is 18.4. The van der Waals surface area contributed by atoms with E-state index in [1.165, 1.54) is 33.2 Å². The van der Waals surface area contributed by atoms with Crippen LogP contribution < -0.4 is 36.5 Å². The second-order valence-corrected chi connectivity index (χ2v) is 8.27. The van der Waals surface area contributed by atoms with Gasteiger partial charge in [0.25, 0.3) is 0 Å². The predicted molar refractivity (Wildman–Crippen MR) is 125 cm³/mol. The highest BCUT2D eigenvalue weighted by Crippen LogP contribution is 2.41. The van der Waals surface area contributed by atoms with Crippen molar-refractivity contribution in [3.8, 4) is 28.5 Å². The van der Waals surface area contributed by atoms with Crippen LogP contribution in [0.1, 0.15) is 11.1 Å². The minimum Gasteiger partial charge on any atom is -1.00 e. The van der Waals surface area contributed by atoms with E-state index >= 15 is 0 Å². The molecule has 168 valence electrons. The summed E-state index contributed by atoms with van der Waals surface area (Å²) in [5.74, 6) is 2.55. The van der Waals surface area contributed by atoms with Crippen LogP contribution >= 0.6 is 0 Å². The molecule has 6 heteroatoms. The van der Waals surface area contributed by atoms with E-state index in [-0.39, 0.29) is 12.4 Å². The number of hydrogen-bond acceptors (Lipinski definition) is 4. The molecule has 0 unspecified atom stereocenters. The zero-order chi connectivity index (χ0) is 21.5. The Morgan fingerprint density at radius 3 is 2.64 bits per heavy atom. The number of aryl methyl sites for hydroxylation is 2. The molecule has 0 saturated carbocycles. The lowest BCUT2D eigenvalue weighted by Crippen LogP contribution is -3.00. The van der Waals surface area contributed by atoms with E-state index in [1.807, 2.05) is 6.07 Å². The molecule has 0 amide bonds. The third-order valence-electron chi connectivity index (χ3n) is 6.40. The highest BCUT2D eigenvalue weighted by atomic mass is 35.5. The Balaban J connectivity index is 0.00000228. The van der Waals surface area contributed by atoms with Gasteiger partial charge < -0.3 is 31.9 Å². The molecule has 6 rings (SSSR count). The maximum absolute atomic E-state index is 5.70. The molecule has 5 nitrogen and oxygen atoms in total. The van der Waals surface area contributed by atoms with Gasteiger partial charge in [0.05, 0.1) is 23.7 Å². The molecule has 0 saturated heterocycles. The Morgan fingerprint density at radius 1 is 1.00 bits per heavy atom. The maximum atomic E-state index is 5.70. The van der Waals surface area contributed by atoms with E-state index in [0.29, 0.717) is 6.79 Å². The van der Waals surface area contributed by atoms with E-state index < -0.39 is 0 Å². The molecule has 0 fully saturated rings. The van der Waals surface area contributed by atoms with Crippen LogP contribution in [-0.2, 0) is 19.4 Å².